The summed E-state index contributed by atoms with van der Waals surface area (Å²) in [6.07, 6.45) is 2.29. The molecule has 1 rings (SSSR count). The third kappa shape index (κ3) is 1.58. The van der Waals surface area contributed by atoms with E-state index in [1.807, 2.05) is 0 Å². The molecule has 1 aromatic heterocycles. The average molecular weight is 194 g/mol. The highest BCUT2D eigenvalue weighted by Gasteiger charge is 2.18. The highest BCUT2D eigenvalue weighted by Crippen LogP contribution is 2.21. The molecular weight excluding hydrogens is 188 g/mol. The quantitative estimate of drug-likeness (QED) is 0.561. The summed E-state index contributed by atoms with van der Waals surface area (Å²) in [5, 5.41) is 0. The molecule has 0 fully saturated rings. The molecule has 0 amide bonds. The Morgan fingerprint density at radius 1 is 1.55 bits per heavy atom. The zero-order valence-corrected chi connectivity index (χ0v) is 7.35. The molecule has 62 valence electrons. The van der Waals surface area contributed by atoms with Gasteiger partial charge >= 0.3 is 10.1 Å². The number of thiol groups is 1. The summed E-state index contributed by atoms with van der Waals surface area (Å²) in [4.78, 5) is 0.190. The van der Waals surface area contributed by atoms with E-state index in [4.69, 9.17) is 0 Å². The fourth-order valence-electron chi connectivity index (χ4n) is 0.555. The van der Waals surface area contributed by atoms with Gasteiger partial charge in [-0.25, -0.2) is 0 Å². The zero-order chi connectivity index (χ0) is 8.48. The van der Waals surface area contributed by atoms with E-state index >= 15 is 0 Å². The molecule has 0 aliphatic rings. The molecule has 0 radical (unpaired) electrons. The van der Waals surface area contributed by atoms with Gasteiger partial charge in [0.15, 0.2) is 0 Å². The lowest BCUT2D eigenvalue weighted by Gasteiger charge is -1.95. The van der Waals surface area contributed by atoms with Crippen LogP contribution in [0, 0.1) is 0 Å². The SMILES string of the molecule is COS(=O)(=O)c1cocc1S. The van der Waals surface area contributed by atoms with Gasteiger partial charge in [-0.2, -0.15) is 8.42 Å². The lowest BCUT2D eigenvalue weighted by Crippen LogP contribution is -2.01. The highest BCUT2D eigenvalue weighted by atomic mass is 32.2. The summed E-state index contributed by atoms with van der Waals surface area (Å²) in [5.41, 5.74) is 0. The number of rotatable bonds is 2. The lowest BCUT2D eigenvalue weighted by atomic mass is 10.7. The Balaban J connectivity index is 3.22. The summed E-state index contributed by atoms with van der Waals surface area (Å²) in [5.74, 6) is 0. The summed E-state index contributed by atoms with van der Waals surface area (Å²) < 4.78 is 30.7. The van der Waals surface area contributed by atoms with Crippen LogP contribution in [0.1, 0.15) is 0 Å². The van der Waals surface area contributed by atoms with Crippen molar-refractivity contribution < 1.29 is 17.0 Å². The van der Waals surface area contributed by atoms with E-state index in [1.54, 1.807) is 0 Å². The highest BCUT2D eigenvalue weighted by molar-refractivity contribution is 7.88. The number of furan rings is 1. The van der Waals surface area contributed by atoms with E-state index in [0.717, 1.165) is 13.4 Å². The molecule has 11 heavy (non-hydrogen) atoms. The Hall–Kier alpha value is -0.460. The molecule has 0 atom stereocenters. The Morgan fingerprint density at radius 2 is 2.18 bits per heavy atom. The van der Waals surface area contributed by atoms with Crippen LogP contribution in [0.5, 0.6) is 0 Å². The molecule has 0 saturated heterocycles. The van der Waals surface area contributed by atoms with Gasteiger partial charge in [-0.1, -0.05) is 0 Å². The van der Waals surface area contributed by atoms with Gasteiger partial charge < -0.3 is 4.42 Å². The first-order valence-corrected chi connectivity index (χ1v) is 4.49. The second kappa shape index (κ2) is 2.88. The van der Waals surface area contributed by atoms with E-state index in [1.165, 1.54) is 6.26 Å². The van der Waals surface area contributed by atoms with Crippen LogP contribution in [-0.4, -0.2) is 15.5 Å². The molecule has 6 heteroatoms. The molecular formula is C5H6O4S2. The topological polar surface area (TPSA) is 56.5 Å². The van der Waals surface area contributed by atoms with Crippen molar-refractivity contribution in [3.05, 3.63) is 12.5 Å². The summed E-state index contributed by atoms with van der Waals surface area (Å²) in [6.45, 7) is 0. The monoisotopic (exact) mass is 194 g/mol. The van der Waals surface area contributed by atoms with Crippen molar-refractivity contribution in [1.29, 1.82) is 0 Å². The van der Waals surface area contributed by atoms with Gasteiger partial charge in [0.25, 0.3) is 0 Å². The van der Waals surface area contributed by atoms with Crippen molar-refractivity contribution in [3.8, 4) is 0 Å². The summed E-state index contributed by atoms with van der Waals surface area (Å²) in [7, 11) is -2.58. The van der Waals surface area contributed by atoms with E-state index in [2.05, 4.69) is 21.2 Å². The van der Waals surface area contributed by atoms with Crippen molar-refractivity contribution >= 4 is 22.7 Å². The Kier molecular flexibility index (Phi) is 2.26. The minimum atomic E-state index is -3.66. The molecule has 0 unspecified atom stereocenters. The molecule has 1 aromatic rings. The van der Waals surface area contributed by atoms with Crippen molar-refractivity contribution in [2.75, 3.05) is 7.11 Å². The smallest absolute Gasteiger partial charge is 0.301 e. The van der Waals surface area contributed by atoms with Gasteiger partial charge in [-0.3, -0.25) is 4.18 Å². The van der Waals surface area contributed by atoms with Gasteiger partial charge in [0.2, 0.25) is 0 Å². The molecule has 0 aromatic carbocycles. The van der Waals surface area contributed by atoms with E-state index < -0.39 is 10.1 Å². The molecule has 1 heterocycles. The molecule has 0 aliphatic carbocycles. The third-order valence-corrected chi connectivity index (χ3v) is 2.89. The standard InChI is InChI=1S/C5H6O4S2/c1-8-11(6,7)5-3-9-2-4(5)10/h2-3,10H,1H3. The van der Waals surface area contributed by atoms with Gasteiger partial charge in [0.1, 0.15) is 17.4 Å². The zero-order valence-electron chi connectivity index (χ0n) is 5.64. The predicted octanol–water partition coefficient (Wildman–Crippen LogP) is 0.903. The molecule has 0 N–H and O–H groups in total. The largest absolute Gasteiger partial charge is 0.470 e. The molecule has 0 aliphatic heterocycles. The predicted molar refractivity (Wildman–Crippen MR) is 40.2 cm³/mol. The second-order valence-corrected chi connectivity index (χ2v) is 3.91. The first-order chi connectivity index (χ1) is 5.08. The van der Waals surface area contributed by atoms with Crippen molar-refractivity contribution in [3.63, 3.8) is 0 Å². The Morgan fingerprint density at radius 3 is 2.55 bits per heavy atom. The van der Waals surface area contributed by atoms with Crippen LogP contribution in [0.25, 0.3) is 0 Å². The molecule has 0 saturated carbocycles. The summed E-state index contributed by atoms with van der Waals surface area (Å²) >= 11 is 3.84. The van der Waals surface area contributed by atoms with Crippen molar-refractivity contribution in [2.45, 2.75) is 9.79 Å². The normalized spacial score (nSPS) is 11.8. The first kappa shape index (κ1) is 8.63. The Labute approximate surface area is 69.7 Å². The first-order valence-electron chi connectivity index (χ1n) is 2.63. The minimum absolute atomic E-state index is 0.0525. The van der Waals surface area contributed by atoms with Gasteiger partial charge in [-0.05, 0) is 0 Å². The minimum Gasteiger partial charge on any atom is -0.470 e. The maximum atomic E-state index is 11.0. The van der Waals surface area contributed by atoms with Crippen LogP contribution in [0.2, 0.25) is 0 Å². The number of hydrogen-bond acceptors (Lipinski definition) is 5. The lowest BCUT2D eigenvalue weighted by molar-refractivity contribution is 0.395. The van der Waals surface area contributed by atoms with E-state index in [9.17, 15) is 8.42 Å². The molecule has 4 nitrogen and oxygen atoms in total. The fraction of sp³-hybridized carbons (Fsp3) is 0.200. The van der Waals surface area contributed by atoms with E-state index in [-0.39, 0.29) is 9.79 Å². The van der Waals surface area contributed by atoms with Crippen LogP contribution in [0.15, 0.2) is 26.7 Å². The van der Waals surface area contributed by atoms with Crippen LogP contribution in [0.3, 0.4) is 0 Å². The van der Waals surface area contributed by atoms with Crippen LogP contribution in [-0.2, 0) is 14.3 Å². The average Bonchev–Trinajstić information content (AvgIpc) is 2.36. The van der Waals surface area contributed by atoms with Gasteiger partial charge in [0, 0.05) is 0 Å². The Bertz CT molecular complexity index is 337. The van der Waals surface area contributed by atoms with Crippen LogP contribution in [0.4, 0.5) is 0 Å². The van der Waals surface area contributed by atoms with Crippen molar-refractivity contribution in [1.82, 2.24) is 0 Å². The van der Waals surface area contributed by atoms with Gasteiger partial charge in [0.05, 0.1) is 12.0 Å². The number of hydrogen-bond donors (Lipinski definition) is 1. The maximum Gasteiger partial charge on any atom is 0.301 e. The molecule has 0 spiro atoms. The molecule has 0 bridgehead atoms. The third-order valence-electron chi connectivity index (χ3n) is 1.10. The van der Waals surface area contributed by atoms with E-state index in [0.29, 0.717) is 0 Å². The van der Waals surface area contributed by atoms with Crippen molar-refractivity contribution in [2.24, 2.45) is 0 Å². The van der Waals surface area contributed by atoms with Crippen LogP contribution >= 0.6 is 12.6 Å². The van der Waals surface area contributed by atoms with Crippen LogP contribution < -0.4 is 0 Å². The van der Waals surface area contributed by atoms with Gasteiger partial charge in [-0.15, -0.1) is 12.6 Å². The second-order valence-electron chi connectivity index (χ2n) is 1.74. The maximum absolute atomic E-state index is 11.0. The fourth-order valence-corrected chi connectivity index (χ4v) is 1.66. The summed E-state index contributed by atoms with van der Waals surface area (Å²) in [6, 6.07) is 0.